The van der Waals surface area contributed by atoms with Crippen LogP contribution in [-0.4, -0.2) is 11.8 Å². The highest BCUT2D eigenvalue weighted by atomic mass is 35.5. The molecule has 0 saturated carbocycles. The summed E-state index contributed by atoms with van der Waals surface area (Å²) in [6.07, 6.45) is -4.97. The van der Waals surface area contributed by atoms with Crippen LogP contribution in [0.5, 0.6) is 0 Å². The van der Waals surface area contributed by atoms with Crippen molar-refractivity contribution in [2.24, 2.45) is 0 Å². The fourth-order valence-electron chi connectivity index (χ4n) is 1.87. The van der Waals surface area contributed by atoms with E-state index in [1.165, 1.54) is 18.2 Å². The van der Waals surface area contributed by atoms with Gasteiger partial charge >= 0.3 is 6.18 Å². The smallest absolute Gasteiger partial charge is 0.326 e. The molecule has 0 aliphatic rings. The Morgan fingerprint density at radius 2 is 1.36 bits per heavy atom. The van der Waals surface area contributed by atoms with Crippen LogP contribution < -0.4 is 10.6 Å². The fourth-order valence-corrected chi connectivity index (χ4v) is 2.17. The topological polar surface area (TPSA) is 58.2 Å². The number of carbonyl (C=O) groups excluding carboxylic acids is 2. The van der Waals surface area contributed by atoms with Gasteiger partial charge in [0.2, 0.25) is 11.8 Å². The zero-order valence-corrected chi connectivity index (χ0v) is 14.0. The summed E-state index contributed by atoms with van der Waals surface area (Å²) in [5.41, 5.74) is -0.315. The molecule has 0 unspecified atom stereocenters. The first-order valence-corrected chi connectivity index (χ1v) is 7.63. The van der Waals surface area contributed by atoms with Crippen molar-refractivity contribution in [1.29, 1.82) is 0 Å². The standard InChI is InChI=1S/C16H11Cl2F3N2O2/c17-12-6-5-11(7-13(12)18)23-15(25)8-14(24)22-10-3-1-9(2-4-10)16(19,20)21/h1-7H,8H2,(H,22,24)(H,23,25). The van der Waals surface area contributed by atoms with Crippen molar-refractivity contribution in [2.75, 3.05) is 10.6 Å². The fraction of sp³-hybridized carbons (Fsp3) is 0.125. The Balaban J connectivity index is 1.91. The van der Waals surface area contributed by atoms with E-state index < -0.39 is 30.0 Å². The third-order valence-electron chi connectivity index (χ3n) is 3.02. The Labute approximate surface area is 150 Å². The zero-order valence-electron chi connectivity index (χ0n) is 12.5. The van der Waals surface area contributed by atoms with Crippen molar-refractivity contribution in [3.05, 3.63) is 58.1 Å². The first kappa shape index (κ1) is 19.1. The highest BCUT2D eigenvalue weighted by Crippen LogP contribution is 2.30. The SMILES string of the molecule is O=C(CC(=O)Nc1ccc(Cl)c(Cl)c1)Nc1ccc(C(F)(F)F)cc1. The van der Waals surface area contributed by atoms with Crippen LogP contribution >= 0.6 is 23.2 Å². The molecule has 0 radical (unpaired) electrons. The van der Waals surface area contributed by atoms with Gasteiger partial charge < -0.3 is 10.6 Å². The quantitative estimate of drug-likeness (QED) is 0.723. The minimum absolute atomic E-state index is 0.153. The van der Waals surface area contributed by atoms with Crippen molar-refractivity contribution in [3.63, 3.8) is 0 Å². The normalized spacial score (nSPS) is 11.1. The molecular formula is C16H11Cl2F3N2O2. The number of hydrogen-bond acceptors (Lipinski definition) is 2. The number of alkyl halides is 3. The summed E-state index contributed by atoms with van der Waals surface area (Å²) in [6, 6.07) is 8.32. The van der Waals surface area contributed by atoms with E-state index in [4.69, 9.17) is 23.2 Å². The van der Waals surface area contributed by atoms with Crippen molar-refractivity contribution >= 4 is 46.4 Å². The molecule has 25 heavy (non-hydrogen) atoms. The summed E-state index contributed by atoms with van der Waals surface area (Å²) >= 11 is 11.6. The largest absolute Gasteiger partial charge is 0.416 e. The lowest BCUT2D eigenvalue weighted by molar-refractivity contribution is -0.137. The molecule has 0 heterocycles. The summed E-state index contributed by atoms with van der Waals surface area (Å²) in [6.45, 7) is 0. The van der Waals surface area contributed by atoms with Crippen LogP contribution in [0.1, 0.15) is 12.0 Å². The maximum atomic E-state index is 12.5. The second kappa shape index (κ2) is 7.76. The Kier molecular flexibility index (Phi) is 5.92. The van der Waals surface area contributed by atoms with E-state index >= 15 is 0 Å². The van der Waals surface area contributed by atoms with Gasteiger partial charge in [-0.25, -0.2) is 0 Å². The molecule has 0 bridgehead atoms. The molecular weight excluding hydrogens is 380 g/mol. The number of benzene rings is 2. The van der Waals surface area contributed by atoms with Crippen molar-refractivity contribution in [3.8, 4) is 0 Å². The van der Waals surface area contributed by atoms with Crippen LogP contribution in [0.2, 0.25) is 10.0 Å². The lowest BCUT2D eigenvalue weighted by atomic mass is 10.2. The molecule has 0 atom stereocenters. The van der Waals surface area contributed by atoms with E-state index in [0.29, 0.717) is 10.7 Å². The molecule has 0 aromatic heterocycles. The molecule has 2 amide bonds. The van der Waals surface area contributed by atoms with Gasteiger partial charge in [0.25, 0.3) is 0 Å². The van der Waals surface area contributed by atoms with Gasteiger partial charge in [-0.15, -0.1) is 0 Å². The molecule has 2 aromatic rings. The molecule has 0 aliphatic carbocycles. The second-order valence-corrected chi connectivity index (χ2v) is 5.79. The van der Waals surface area contributed by atoms with Gasteiger partial charge in [-0.2, -0.15) is 13.2 Å². The molecule has 4 nitrogen and oxygen atoms in total. The molecule has 0 spiro atoms. The van der Waals surface area contributed by atoms with E-state index in [2.05, 4.69) is 10.6 Å². The molecule has 9 heteroatoms. The van der Waals surface area contributed by atoms with Crippen LogP contribution in [0.25, 0.3) is 0 Å². The molecule has 0 fully saturated rings. The maximum absolute atomic E-state index is 12.5. The number of halogens is 5. The predicted octanol–water partition coefficient (Wildman–Crippen LogP) is 4.98. The van der Waals surface area contributed by atoms with E-state index in [0.717, 1.165) is 24.3 Å². The second-order valence-electron chi connectivity index (χ2n) is 4.98. The first-order chi connectivity index (χ1) is 11.6. The number of nitrogens with one attached hydrogen (secondary N) is 2. The Morgan fingerprint density at radius 3 is 1.88 bits per heavy atom. The molecule has 0 aliphatic heterocycles. The minimum atomic E-state index is -4.46. The Hall–Kier alpha value is -2.25. The van der Waals surface area contributed by atoms with Crippen LogP contribution in [0, 0.1) is 0 Å². The van der Waals surface area contributed by atoms with Gasteiger partial charge in [-0.05, 0) is 42.5 Å². The van der Waals surface area contributed by atoms with Crippen LogP contribution in [-0.2, 0) is 15.8 Å². The Morgan fingerprint density at radius 1 is 0.840 bits per heavy atom. The van der Waals surface area contributed by atoms with Crippen LogP contribution in [0.4, 0.5) is 24.5 Å². The number of rotatable bonds is 4. The molecule has 2 N–H and O–H groups in total. The van der Waals surface area contributed by atoms with E-state index in [9.17, 15) is 22.8 Å². The van der Waals surface area contributed by atoms with Crippen LogP contribution in [0.3, 0.4) is 0 Å². The number of carbonyl (C=O) groups is 2. The van der Waals surface area contributed by atoms with Gasteiger partial charge in [0.15, 0.2) is 0 Å². The average molecular weight is 391 g/mol. The lowest BCUT2D eigenvalue weighted by Gasteiger charge is -2.09. The van der Waals surface area contributed by atoms with Gasteiger partial charge in [0.1, 0.15) is 6.42 Å². The maximum Gasteiger partial charge on any atom is 0.416 e. The summed E-state index contributed by atoms with van der Waals surface area (Å²) < 4.78 is 37.4. The third kappa shape index (κ3) is 5.65. The highest BCUT2D eigenvalue weighted by Gasteiger charge is 2.30. The summed E-state index contributed by atoms with van der Waals surface area (Å²) in [5.74, 6) is -1.28. The van der Waals surface area contributed by atoms with Gasteiger partial charge in [-0.3, -0.25) is 9.59 Å². The number of amides is 2. The van der Waals surface area contributed by atoms with Gasteiger partial charge in [0.05, 0.1) is 15.6 Å². The monoisotopic (exact) mass is 390 g/mol. The Bertz CT molecular complexity index is 793. The summed E-state index contributed by atoms with van der Waals surface area (Å²) in [4.78, 5) is 23.6. The van der Waals surface area contributed by atoms with Crippen molar-refractivity contribution < 1.29 is 22.8 Å². The average Bonchev–Trinajstić information content (AvgIpc) is 2.50. The summed E-state index contributed by atoms with van der Waals surface area (Å²) in [5, 5.41) is 5.37. The predicted molar refractivity (Wildman–Crippen MR) is 89.8 cm³/mol. The van der Waals surface area contributed by atoms with Crippen LogP contribution in [0.15, 0.2) is 42.5 Å². The van der Waals surface area contributed by atoms with Gasteiger partial charge in [0, 0.05) is 11.4 Å². The molecule has 2 aromatic carbocycles. The lowest BCUT2D eigenvalue weighted by Crippen LogP contribution is -2.21. The van der Waals surface area contributed by atoms with E-state index in [-0.39, 0.29) is 10.7 Å². The number of anilines is 2. The number of hydrogen-bond donors (Lipinski definition) is 2. The zero-order chi connectivity index (χ0) is 18.6. The van der Waals surface area contributed by atoms with Crippen molar-refractivity contribution in [1.82, 2.24) is 0 Å². The third-order valence-corrected chi connectivity index (χ3v) is 3.76. The van der Waals surface area contributed by atoms with E-state index in [1.807, 2.05) is 0 Å². The van der Waals surface area contributed by atoms with E-state index in [1.54, 1.807) is 0 Å². The molecule has 132 valence electrons. The van der Waals surface area contributed by atoms with Crippen molar-refractivity contribution in [2.45, 2.75) is 12.6 Å². The molecule has 0 saturated heterocycles. The molecule has 2 rings (SSSR count). The minimum Gasteiger partial charge on any atom is -0.326 e. The van der Waals surface area contributed by atoms with Gasteiger partial charge in [-0.1, -0.05) is 23.2 Å². The summed E-state index contributed by atoms with van der Waals surface area (Å²) in [7, 11) is 0. The first-order valence-electron chi connectivity index (χ1n) is 6.87. The highest BCUT2D eigenvalue weighted by molar-refractivity contribution is 6.42.